The standard InChI is InChI=1S/C14H9N5OS2/c20-14-11-10(2-5-21-11)17-8-19(14)6-9-7-22-13(18-9)12-15-3-1-4-16-12/h1-5,7-8H,6H2. The molecule has 0 radical (unpaired) electrons. The molecule has 4 aromatic rings. The van der Waals surface area contributed by atoms with Crippen LogP contribution in [0, 0.1) is 0 Å². The number of thiophene rings is 1. The minimum absolute atomic E-state index is 0.0366. The maximum absolute atomic E-state index is 12.4. The molecule has 22 heavy (non-hydrogen) atoms. The molecule has 4 aromatic heterocycles. The molecule has 4 heterocycles. The summed E-state index contributed by atoms with van der Waals surface area (Å²) in [5.41, 5.74) is 1.50. The van der Waals surface area contributed by atoms with E-state index in [1.54, 1.807) is 29.4 Å². The van der Waals surface area contributed by atoms with E-state index >= 15 is 0 Å². The molecule has 108 valence electrons. The van der Waals surface area contributed by atoms with Gasteiger partial charge in [-0.25, -0.2) is 19.9 Å². The van der Waals surface area contributed by atoms with Gasteiger partial charge >= 0.3 is 0 Å². The van der Waals surface area contributed by atoms with Crippen LogP contribution < -0.4 is 5.56 Å². The van der Waals surface area contributed by atoms with Crippen molar-refractivity contribution in [3.8, 4) is 10.8 Å². The molecule has 6 nitrogen and oxygen atoms in total. The molecule has 0 unspecified atom stereocenters. The van der Waals surface area contributed by atoms with Crippen LogP contribution in [-0.4, -0.2) is 24.5 Å². The van der Waals surface area contributed by atoms with Gasteiger partial charge in [-0.05, 0) is 17.5 Å². The number of thiazole rings is 1. The van der Waals surface area contributed by atoms with Crippen LogP contribution in [0.1, 0.15) is 5.69 Å². The Kier molecular flexibility index (Phi) is 3.24. The average molecular weight is 327 g/mol. The van der Waals surface area contributed by atoms with Gasteiger partial charge in [-0.15, -0.1) is 22.7 Å². The fraction of sp³-hybridized carbons (Fsp3) is 0.0714. The zero-order chi connectivity index (χ0) is 14.9. The molecular formula is C14H9N5OS2. The molecular weight excluding hydrogens is 318 g/mol. The second kappa shape index (κ2) is 5.39. The van der Waals surface area contributed by atoms with Gasteiger partial charge in [0, 0.05) is 17.8 Å². The van der Waals surface area contributed by atoms with Gasteiger partial charge in [-0.1, -0.05) is 0 Å². The number of rotatable bonds is 3. The van der Waals surface area contributed by atoms with Crippen LogP contribution in [0.2, 0.25) is 0 Å². The molecule has 0 atom stereocenters. The van der Waals surface area contributed by atoms with E-state index in [1.165, 1.54) is 22.7 Å². The van der Waals surface area contributed by atoms with Crippen LogP contribution in [-0.2, 0) is 6.54 Å². The van der Waals surface area contributed by atoms with Gasteiger partial charge in [0.2, 0.25) is 0 Å². The molecule has 0 aliphatic carbocycles. The van der Waals surface area contributed by atoms with Crippen LogP contribution in [0.3, 0.4) is 0 Å². The number of hydrogen-bond donors (Lipinski definition) is 0. The Bertz CT molecular complexity index is 989. The van der Waals surface area contributed by atoms with Crippen molar-refractivity contribution in [2.24, 2.45) is 0 Å². The first-order valence-electron chi connectivity index (χ1n) is 6.46. The van der Waals surface area contributed by atoms with Gasteiger partial charge < -0.3 is 0 Å². The summed E-state index contributed by atoms with van der Waals surface area (Å²) >= 11 is 2.87. The predicted octanol–water partition coefficient (Wildman–Crippen LogP) is 2.42. The van der Waals surface area contributed by atoms with Crippen LogP contribution in [0.4, 0.5) is 0 Å². The largest absolute Gasteiger partial charge is 0.292 e. The van der Waals surface area contributed by atoms with E-state index in [0.29, 0.717) is 17.1 Å². The first-order valence-corrected chi connectivity index (χ1v) is 8.21. The van der Waals surface area contributed by atoms with Crippen molar-refractivity contribution in [2.75, 3.05) is 0 Å². The van der Waals surface area contributed by atoms with Crippen LogP contribution in [0.25, 0.3) is 21.0 Å². The SMILES string of the molecule is O=c1c2sccc2ncn1Cc1csc(-c2ncccn2)n1. The summed E-state index contributed by atoms with van der Waals surface area (Å²) in [6, 6.07) is 3.61. The molecule has 0 bridgehead atoms. The Morgan fingerprint density at radius 3 is 2.86 bits per heavy atom. The van der Waals surface area contributed by atoms with Crippen LogP contribution in [0.15, 0.2) is 46.4 Å². The molecule has 0 fully saturated rings. The Labute approximate surface area is 132 Å². The van der Waals surface area contributed by atoms with Crippen molar-refractivity contribution in [1.82, 2.24) is 24.5 Å². The molecule has 0 amide bonds. The van der Waals surface area contributed by atoms with E-state index in [9.17, 15) is 4.79 Å². The number of hydrogen-bond acceptors (Lipinski definition) is 7. The summed E-state index contributed by atoms with van der Waals surface area (Å²) in [4.78, 5) is 29.5. The summed E-state index contributed by atoms with van der Waals surface area (Å²) in [5, 5.41) is 4.53. The number of nitrogens with zero attached hydrogens (tertiary/aromatic N) is 5. The summed E-state index contributed by atoms with van der Waals surface area (Å²) in [7, 11) is 0. The van der Waals surface area contributed by atoms with Crippen molar-refractivity contribution in [3.05, 3.63) is 57.7 Å². The second-order valence-corrected chi connectivity index (χ2v) is 6.30. The quantitative estimate of drug-likeness (QED) is 0.578. The van der Waals surface area contributed by atoms with Crippen molar-refractivity contribution in [2.45, 2.75) is 6.54 Å². The lowest BCUT2D eigenvalue weighted by atomic mass is 10.4. The van der Waals surface area contributed by atoms with E-state index in [0.717, 1.165) is 16.2 Å². The first kappa shape index (κ1) is 13.2. The lowest BCUT2D eigenvalue weighted by molar-refractivity contribution is 0.735. The highest BCUT2D eigenvalue weighted by atomic mass is 32.1. The minimum atomic E-state index is -0.0366. The van der Waals surface area contributed by atoms with Crippen LogP contribution >= 0.6 is 22.7 Å². The van der Waals surface area contributed by atoms with Gasteiger partial charge in [-0.3, -0.25) is 9.36 Å². The predicted molar refractivity (Wildman–Crippen MR) is 86.1 cm³/mol. The highest BCUT2D eigenvalue weighted by Gasteiger charge is 2.10. The molecule has 0 aliphatic rings. The van der Waals surface area contributed by atoms with Gasteiger partial charge in [0.15, 0.2) is 10.8 Å². The third-order valence-corrected chi connectivity index (χ3v) is 4.86. The second-order valence-electron chi connectivity index (χ2n) is 4.53. The van der Waals surface area contributed by atoms with Crippen molar-refractivity contribution < 1.29 is 0 Å². The van der Waals surface area contributed by atoms with Gasteiger partial charge in [-0.2, -0.15) is 0 Å². The van der Waals surface area contributed by atoms with E-state index in [-0.39, 0.29) is 5.56 Å². The normalized spacial score (nSPS) is 11.1. The zero-order valence-corrected chi connectivity index (χ0v) is 12.8. The highest BCUT2D eigenvalue weighted by Crippen LogP contribution is 2.20. The maximum Gasteiger partial charge on any atom is 0.271 e. The lowest BCUT2D eigenvalue weighted by Gasteiger charge is -2.02. The van der Waals surface area contributed by atoms with Gasteiger partial charge in [0.05, 0.1) is 24.1 Å². The van der Waals surface area contributed by atoms with E-state index in [2.05, 4.69) is 19.9 Å². The smallest absolute Gasteiger partial charge is 0.271 e. The van der Waals surface area contributed by atoms with Crippen LogP contribution in [0.5, 0.6) is 0 Å². The molecule has 0 saturated carbocycles. The molecule has 0 aromatic carbocycles. The monoisotopic (exact) mass is 327 g/mol. The van der Waals surface area contributed by atoms with Crippen molar-refractivity contribution in [1.29, 1.82) is 0 Å². The lowest BCUT2D eigenvalue weighted by Crippen LogP contribution is -2.20. The van der Waals surface area contributed by atoms with E-state index in [4.69, 9.17) is 0 Å². The van der Waals surface area contributed by atoms with E-state index < -0.39 is 0 Å². The molecule has 4 rings (SSSR count). The van der Waals surface area contributed by atoms with Crippen molar-refractivity contribution in [3.63, 3.8) is 0 Å². The maximum atomic E-state index is 12.4. The summed E-state index contributed by atoms with van der Waals surface area (Å²) < 4.78 is 2.24. The summed E-state index contributed by atoms with van der Waals surface area (Å²) in [6.07, 6.45) is 4.93. The van der Waals surface area contributed by atoms with E-state index in [1.807, 2.05) is 16.8 Å². The molecule has 0 spiro atoms. The first-order chi connectivity index (χ1) is 10.8. The average Bonchev–Trinajstić information content (AvgIpc) is 3.20. The van der Waals surface area contributed by atoms with Gasteiger partial charge in [0.1, 0.15) is 4.70 Å². The van der Waals surface area contributed by atoms with Crippen molar-refractivity contribution >= 4 is 32.9 Å². The summed E-state index contributed by atoms with van der Waals surface area (Å²) in [5.74, 6) is 0.595. The van der Waals surface area contributed by atoms with Gasteiger partial charge in [0.25, 0.3) is 5.56 Å². The fourth-order valence-electron chi connectivity index (χ4n) is 2.06. The number of aromatic nitrogens is 5. The highest BCUT2D eigenvalue weighted by molar-refractivity contribution is 7.17. The summed E-state index contributed by atoms with van der Waals surface area (Å²) in [6.45, 7) is 0.392. The minimum Gasteiger partial charge on any atom is -0.292 e. The number of fused-ring (bicyclic) bond motifs is 1. The molecule has 8 heteroatoms. The Morgan fingerprint density at radius 1 is 1.14 bits per heavy atom. The third-order valence-electron chi connectivity index (χ3n) is 3.08. The molecule has 0 aliphatic heterocycles. The Balaban J connectivity index is 1.67. The zero-order valence-electron chi connectivity index (χ0n) is 11.2. The fourth-order valence-corrected chi connectivity index (χ4v) is 3.61. The Morgan fingerprint density at radius 2 is 2.00 bits per heavy atom. The molecule has 0 saturated heterocycles. The third kappa shape index (κ3) is 2.32. The molecule has 0 N–H and O–H groups in total. The Hall–Kier alpha value is -2.45. The topological polar surface area (TPSA) is 73.6 Å².